The topological polar surface area (TPSA) is 70.6 Å². The number of rotatable bonds is 5. The lowest BCUT2D eigenvalue weighted by atomic mass is 10.2. The fourth-order valence-electron chi connectivity index (χ4n) is 1.89. The molecule has 2 aromatic rings. The van der Waals surface area contributed by atoms with Gasteiger partial charge in [-0.3, -0.25) is 4.79 Å². The Balaban J connectivity index is 1.98. The zero-order chi connectivity index (χ0) is 15.2. The normalized spacial score (nSPS) is 10.0. The number of methoxy groups -OCH3 is 1. The summed E-state index contributed by atoms with van der Waals surface area (Å²) in [5.41, 5.74) is 2.43. The lowest BCUT2D eigenvalue weighted by molar-refractivity contribution is -0.114. The van der Waals surface area contributed by atoms with E-state index in [1.54, 1.807) is 19.2 Å². The van der Waals surface area contributed by atoms with Gasteiger partial charge in [-0.2, -0.15) is 0 Å². The molecule has 0 spiro atoms. The summed E-state index contributed by atoms with van der Waals surface area (Å²) < 4.78 is 5.04. The number of aromatic hydroxyl groups is 1. The van der Waals surface area contributed by atoms with E-state index in [2.05, 4.69) is 10.6 Å². The molecular weight excluding hydrogens is 268 g/mol. The monoisotopic (exact) mass is 286 g/mol. The third-order valence-corrected chi connectivity index (χ3v) is 2.98. The van der Waals surface area contributed by atoms with Crippen LogP contribution < -0.4 is 15.4 Å². The molecule has 2 aromatic carbocycles. The Labute approximate surface area is 123 Å². The molecular formula is C16H18N2O3. The van der Waals surface area contributed by atoms with Crippen LogP contribution >= 0.6 is 0 Å². The Kier molecular flexibility index (Phi) is 4.66. The number of carbonyl (C=O) groups is 1. The van der Waals surface area contributed by atoms with E-state index >= 15 is 0 Å². The molecule has 0 heterocycles. The molecule has 0 aromatic heterocycles. The van der Waals surface area contributed by atoms with Gasteiger partial charge in [0.25, 0.3) is 0 Å². The largest absolute Gasteiger partial charge is 0.507 e. The molecule has 0 aliphatic heterocycles. The number of carbonyl (C=O) groups excluding carboxylic acids is 1. The summed E-state index contributed by atoms with van der Waals surface area (Å²) in [5.74, 6) is 0.714. The van der Waals surface area contributed by atoms with Crippen molar-refractivity contribution in [3.8, 4) is 11.5 Å². The van der Waals surface area contributed by atoms with E-state index in [9.17, 15) is 9.90 Å². The summed E-state index contributed by atoms with van der Waals surface area (Å²) >= 11 is 0. The second-order valence-electron chi connectivity index (χ2n) is 4.61. The molecule has 5 heteroatoms. The third-order valence-electron chi connectivity index (χ3n) is 2.98. The molecule has 0 radical (unpaired) electrons. The van der Waals surface area contributed by atoms with Crippen molar-refractivity contribution in [3.63, 3.8) is 0 Å². The zero-order valence-electron chi connectivity index (χ0n) is 12.0. The van der Waals surface area contributed by atoms with Gasteiger partial charge in [0.2, 0.25) is 5.91 Å². The quantitative estimate of drug-likeness (QED) is 0.790. The lowest BCUT2D eigenvalue weighted by Gasteiger charge is -2.10. The van der Waals surface area contributed by atoms with Gasteiger partial charge in [0.15, 0.2) is 0 Å². The zero-order valence-corrected chi connectivity index (χ0v) is 12.0. The number of anilines is 2. The van der Waals surface area contributed by atoms with Crippen molar-refractivity contribution in [2.45, 2.75) is 13.5 Å². The van der Waals surface area contributed by atoms with E-state index < -0.39 is 0 Å². The predicted molar refractivity (Wildman–Crippen MR) is 82.7 cm³/mol. The Hall–Kier alpha value is -2.69. The van der Waals surface area contributed by atoms with Crippen molar-refractivity contribution in [2.75, 3.05) is 17.7 Å². The fraction of sp³-hybridized carbons (Fsp3) is 0.188. The molecule has 0 saturated carbocycles. The lowest BCUT2D eigenvalue weighted by Crippen LogP contribution is -2.05. The van der Waals surface area contributed by atoms with E-state index in [-0.39, 0.29) is 11.7 Å². The summed E-state index contributed by atoms with van der Waals surface area (Å²) in [6.07, 6.45) is 0. The summed E-state index contributed by atoms with van der Waals surface area (Å²) in [6, 6.07) is 12.6. The van der Waals surface area contributed by atoms with E-state index in [0.29, 0.717) is 12.3 Å². The minimum absolute atomic E-state index is 0.0983. The Morgan fingerprint density at radius 2 is 1.81 bits per heavy atom. The summed E-state index contributed by atoms with van der Waals surface area (Å²) in [7, 11) is 1.56. The number of benzene rings is 2. The summed E-state index contributed by atoms with van der Waals surface area (Å²) in [6.45, 7) is 1.97. The van der Waals surface area contributed by atoms with E-state index in [1.165, 1.54) is 6.92 Å². The SMILES string of the molecule is COc1ccc(CNc2ccc(NC(C)=O)cc2)c(O)c1. The van der Waals surface area contributed by atoms with Crippen LogP contribution in [0.25, 0.3) is 0 Å². The summed E-state index contributed by atoms with van der Waals surface area (Å²) in [4.78, 5) is 10.9. The van der Waals surface area contributed by atoms with E-state index in [0.717, 1.165) is 16.9 Å². The molecule has 3 N–H and O–H groups in total. The minimum atomic E-state index is -0.0983. The first-order valence-corrected chi connectivity index (χ1v) is 6.56. The Bertz CT molecular complexity index is 624. The molecule has 1 amide bonds. The molecule has 0 aliphatic rings. The Morgan fingerprint density at radius 3 is 2.38 bits per heavy atom. The second-order valence-corrected chi connectivity index (χ2v) is 4.61. The van der Waals surface area contributed by atoms with Gasteiger partial charge in [-0.15, -0.1) is 0 Å². The number of hydrogen-bond donors (Lipinski definition) is 3. The first kappa shape index (κ1) is 14.7. The first-order chi connectivity index (χ1) is 10.1. The van der Waals surface area contributed by atoms with Crippen molar-refractivity contribution in [3.05, 3.63) is 48.0 Å². The standard InChI is InChI=1S/C16H18N2O3/c1-11(19)18-14-6-4-13(5-7-14)17-10-12-3-8-15(21-2)9-16(12)20/h3-9,17,20H,10H2,1-2H3,(H,18,19). The smallest absolute Gasteiger partial charge is 0.221 e. The second kappa shape index (κ2) is 6.65. The average Bonchev–Trinajstić information content (AvgIpc) is 2.47. The number of phenols is 1. The highest BCUT2D eigenvalue weighted by Crippen LogP contribution is 2.24. The number of hydrogen-bond acceptors (Lipinski definition) is 4. The van der Waals surface area contributed by atoms with Crippen molar-refractivity contribution in [1.29, 1.82) is 0 Å². The van der Waals surface area contributed by atoms with Crippen molar-refractivity contribution >= 4 is 17.3 Å². The van der Waals surface area contributed by atoms with Crippen molar-refractivity contribution in [2.24, 2.45) is 0 Å². The molecule has 0 fully saturated rings. The maximum atomic E-state index is 10.9. The van der Waals surface area contributed by atoms with Crippen molar-refractivity contribution in [1.82, 2.24) is 0 Å². The van der Waals surface area contributed by atoms with Crippen LogP contribution in [0.4, 0.5) is 11.4 Å². The van der Waals surface area contributed by atoms with Gasteiger partial charge in [-0.1, -0.05) is 0 Å². The third kappa shape index (κ3) is 4.14. The van der Waals surface area contributed by atoms with Gasteiger partial charge < -0.3 is 20.5 Å². The minimum Gasteiger partial charge on any atom is -0.507 e. The highest BCUT2D eigenvalue weighted by Gasteiger charge is 2.03. The van der Waals surface area contributed by atoms with Gasteiger partial charge in [-0.05, 0) is 36.4 Å². The van der Waals surface area contributed by atoms with Gasteiger partial charge in [0, 0.05) is 36.5 Å². The van der Waals surface area contributed by atoms with Gasteiger partial charge >= 0.3 is 0 Å². The molecule has 5 nitrogen and oxygen atoms in total. The molecule has 0 bridgehead atoms. The highest BCUT2D eigenvalue weighted by molar-refractivity contribution is 5.88. The van der Waals surface area contributed by atoms with Crippen LogP contribution in [0.15, 0.2) is 42.5 Å². The van der Waals surface area contributed by atoms with Crippen LogP contribution in [0.1, 0.15) is 12.5 Å². The van der Waals surface area contributed by atoms with Gasteiger partial charge in [0.05, 0.1) is 7.11 Å². The number of nitrogens with one attached hydrogen (secondary N) is 2. The Morgan fingerprint density at radius 1 is 1.14 bits per heavy atom. The van der Waals surface area contributed by atoms with Crippen molar-refractivity contribution < 1.29 is 14.6 Å². The van der Waals surface area contributed by atoms with Crippen LogP contribution in [0.3, 0.4) is 0 Å². The van der Waals surface area contributed by atoms with Crippen LogP contribution in [0, 0.1) is 0 Å². The first-order valence-electron chi connectivity index (χ1n) is 6.56. The average molecular weight is 286 g/mol. The number of phenolic OH excluding ortho intramolecular Hbond substituents is 1. The van der Waals surface area contributed by atoms with Crippen LogP contribution in [-0.2, 0) is 11.3 Å². The van der Waals surface area contributed by atoms with E-state index in [1.807, 2.05) is 30.3 Å². The maximum absolute atomic E-state index is 10.9. The van der Waals surface area contributed by atoms with E-state index in [4.69, 9.17) is 4.74 Å². The summed E-state index contributed by atoms with van der Waals surface area (Å²) in [5, 5.41) is 15.8. The molecule has 110 valence electrons. The fourth-order valence-corrected chi connectivity index (χ4v) is 1.89. The molecule has 0 saturated heterocycles. The molecule has 0 aliphatic carbocycles. The number of ether oxygens (including phenoxy) is 1. The van der Waals surface area contributed by atoms with Gasteiger partial charge in [0.1, 0.15) is 11.5 Å². The van der Waals surface area contributed by atoms with Crippen LogP contribution in [0.2, 0.25) is 0 Å². The predicted octanol–water partition coefficient (Wildman–Crippen LogP) is 2.97. The molecule has 0 atom stereocenters. The molecule has 0 unspecified atom stereocenters. The van der Waals surface area contributed by atoms with Gasteiger partial charge in [-0.25, -0.2) is 0 Å². The van der Waals surface area contributed by atoms with Crippen LogP contribution in [0.5, 0.6) is 11.5 Å². The maximum Gasteiger partial charge on any atom is 0.221 e. The number of amides is 1. The molecule has 21 heavy (non-hydrogen) atoms. The highest BCUT2D eigenvalue weighted by atomic mass is 16.5. The van der Waals surface area contributed by atoms with Crippen LogP contribution in [-0.4, -0.2) is 18.1 Å². The molecule has 2 rings (SSSR count).